The number of allylic oxidation sites excluding steroid dienone is 2. The molecule has 2 heterocycles. The molecule has 0 aliphatic carbocycles. The van der Waals surface area contributed by atoms with Crippen LogP contribution >= 0.6 is 0 Å². The minimum absolute atomic E-state index is 0.0216. The molecular formula is C22H25N3O5. The Labute approximate surface area is 175 Å². The minimum Gasteiger partial charge on any atom is -0.463 e. The van der Waals surface area contributed by atoms with Gasteiger partial charge in [0, 0.05) is 43.3 Å². The number of nitro benzene ring substituents is 1. The third-order valence-electron chi connectivity index (χ3n) is 5.38. The summed E-state index contributed by atoms with van der Waals surface area (Å²) in [5.74, 6) is -1.51. The number of nitrogens with one attached hydrogen (secondary N) is 1. The van der Waals surface area contributed by atoms with Crippen LogP contribution in [0.25, 0.3) is 0 Å². The van der Waals surface area contributed by atoms with Gasteiger partial charge in [-0.1, -0.05) is 24.3 Å². The van der Waals surface area contributed by atoms with E-state index in [9.17, 15) is 14.9 Å². The van der Waals surface area contributed by atoms with Crippen molar-refractivity contribution in [3.8, 4) is 0 Å². The van der Waals surface area contributed by atoms with Crippen LogP contribution < -0.4 is 5.32 Å². The quantitative estimate of drug-likeness (QED) is 0.323. The van der Waals surface area contributed by atoms with Crippen LogP contribution in [0, 0.1) is 16.0 Å². The van der Waals surface area contributed by atoms with Gasteiger partial charge in [-0.2, -0.15) is 0 Å². The molecule has 0 amide bonds. The maximum Gasteiger partial charge on any atom is 0.312 e. The summed E-state index contributed by atoms with van der Waals surface area (Å²) in [6, 6.07) is 10.1. The lowest BCUT2D eigenvalue weighted by Gasteiger charge is -2.45. The number of aromatic nitrogens is 1. The van der Waals surface area contributed by atoms with Gasteiger partial charge in [0.05, 0.1) is 23.0 Å². The van der Waals surface area contributed by atoms with E-state index in [1.807, 2.05) is 32.1 Å². The molecule has 0 radical (unpaired) electrons. The van der Waals surface area contributed by atoms with Crippen LogP contribution in [0.15, 0.2) is 60.6 Å². The van der Waals surface area contributed by atoms with Crippen molar-refractivity contribution >= 4 is 11.7 Å². The smallest absolute Gasteiger partial charge is 0.312 e. The monoisotopic (exact) mass is 411 g/mol. The predicted octanol–water partition coefficient (Wildman–Crippen LogP) is 3.30. The van der Waals surface area contributed by atoms with Gasteiger partial charge in [-0.15, -0.1) is 0 Å². The number of carbonyl (C=O) groups excluding carboxylic acids is 1. The summed E-state index contributed by atoms with van der Waals surface area (Å²) in [5.41, 5.74) is 1.51. The van der Waals surface area contributed by atoms with E-state index < -0.39 is 28.3 Å². The van der Waals surface area contributed by atoms with Crippen LogP contribution in [0.2, 0.25) is 0 Å². The molecule has 3 atom stereocenters. The number of rotatable bonds is 7. The zero-order chi connectivity index (χ0) is 21.7. The number of carbonyl (C=O) groups is 1. The number of hydrogen-bond donors (Lipinski definition) is 1. The first-order chi connectivity index (χ1) is 14.4. The van der Waals surface area contributed by atoms with E-state index in [0.29, 0.717) is 5.56 Å². The van der Waals surface area contributed by atoms with Gasteiger partial charge in [-0.3, -0.25) is 19.9 Å². The SMILES string of the molecule is COCCOC(=O)C1C(c2cccc([N+](=O)[O-])c2)C=C(C)NC1(C)c1cccnc1. The summed E-state index contributed by atoms with van der Waals surface area (Å²) in [5, 5.41) is 14.7. The molecule has 3 rings (SSSR count). The van der Waals surface area contributed by atoms with Crippen molar-refractivity contribution in [3.05, 3.63) is 81.8 Å². The van der Waals surface area contributed by atoms with Crippen LogP contribution in [0.4, 0.5) is 5.69 Å². The summed E-state index contributed by atoms with van der Waals surface area (Å²) in [6.07, 6.45) is 5.30. The van der Waals surface area contributed by atoms with Gasteiger partial charge in [-0.25, -0.2) is 0 Å². The average Bonchev–Trinajstić information content (AvgIpc) is 2.74. The molecule has 0 spiro atoms. The van der Waals surface area contributed by atoms with Crippen molar-refractivity contribution < 1.29 is 19.2 Å². The Bertz CT molecular complexity index is 947. The molecule has 1 aromatic carbocycles. The highest BCUT2D eigenvalue weighted by Gasteiger charge is 2.49. The Morgan fingerprint density at radius 3 is 2.77 bits per heavy atom. The average molecular weight is 411 g/mol. The fraction of sp³-hybridized carbons (Fsp3) is 0.364. The summed E-state index contributed by atoms with van der Waals surface area (Å²) in [6.45, 7) is 4.24. The highest BCUT2D eigenvalue weighted by atomic mass is 16.6. The molecule has 8 heteroatoms. The Hall–Kier alpha value is -3.26. The molecule has 8 nitrogen and oxygen atoms in total. The number of methoxy groups -OCH3 is 1. The first-order valence-electron chi connectivity index (χ1n) is 9.64. The molecule has 1 aliphatic heterocycles. The van der Waals surface area contributed by atoms with E-state index in [0.717, 1.165) is 11.3 Å². The van der Waals surface area contributed by atoms with Crippen molar-refractivity contribution in [2.45, 2.75) is 25.3 Å². The lowest BCUT2D eigenvalue weighted by molar-refractivity contribution is -0.384. The Kier molecular flexibility index (Phi) is 6.47. The van der Waals surface area contributed by atoms with E-state index in [1.165, 1.54) is 19.2 Å². The van der Waals surface area contributed by atoms with Gasteiger partial charge in [0.2, 0.25) is 0 Å². The van der Waals surface area contributed by atoms with Crippen molar-refractivity contribution in [1.29, 1.82) is 0 Å². The molecule has 3 unspecified atom stereocenters. The van der Waals surface area contributed by atoms with Crippen molar-refractivity contribution in [3.63, 3.8) is 0 Å². The summed E-state index contributed by atoms with van der Waals surface area (Å²) < 4.78 is 10.5. The molecular weight excluding hydrogens is 386 g/mol. The lowest BCUT2D eigenvalue weighted by Crippen LogP contribution is -2.53. The van der Waals surface area contributed by atoms with Crippen LogP contribution in [-0.4, -0.2) is 36.2 Å². The number of nitrogens with zero attached hydrogens (tertiary/aromatic N) is 2. The van der Waals surface area contributed by atoms with E-state index in [4.69, 9.17) is 9.47 Å². The number of ether oxygens (including phenoxy) is 2. The number of nitro groups is 1. The van der Waals surface area contributed by atoms with Crippen LogP contribution in [0.1, 0.15) is 30.9 Å². The molecule has 1 aliphatic rings. The Morgan fingerprint density at radius 1 is 1.30 bits per heavy atom. The second-order valence-electron chi connectivity index (χ2n) is 7.43. The first-order valence-corrected chi connectivity index (χ1v) is 9.64. The van der Waals surface area contributed by atoms with Gasteiger partial charge in [0.15, 0.2) is 0 Å². The molecule has 1 N–H and O–H groups in total. The van der Waals surface area contributed by atoms with E-state index >= 15 is 0 Å². The summed E-state index contributed by atoms with van der Waals surface area (Å²) in [7, 11) is 1.54. The van der Waals surface area contributed by atoms with Gasteiger partial charge < -0.3 is 14.8 Å². The highest BCUT2D eigenvalue weighted by Crippen LogP contribution is 2.45. The fourth-order valence-corrected chi connectivity index (χ4v) is 4.01. The zero-order valence-corrected chi connectivity index (χ0v) is 17.2. The van der Waals surface area contributed by atoms with Crippen molar-refractivity contribution in [2.75, 3.05) is 20.3 Å². The third-order valence-corrected chi connectivity index (χ3v) is 5.38. The normalized spacial score (nSPS) is 23.2. The van der Waals surface area contributed by atoms with Crippen molar-refractivity contribution in [2.24, 2.45) is 5.92 Å². The molecule has 0 saturated carbocycles. The molecule has 0 saturated heterocycles. The van der Waals surface area contributed by atoms with E-state index in [-0.39, 0.29) is 18.9 Å². The molecule has 0 bridgehead atoms. The van der Waals surface area contributed by atoms with Crippen LogP contribution in [-0.2, 0) is 19.8 Å². The highest BCUT2D eigenvalue weighted by molar-refractivity contribution is 5.77. The maximum absolute atomic E-state index is 13.3. The van der Waals surface area contributed by atoms with Gasteiger partial charge in [0.1, 0.15) is 6.61 Å². The van der Waals surface area contributed by atoms with Gasteiger partial charge in [0.25, 0.3) is 5.69 Å². The number of hydrogen-bond acceptors (Lipinski definition) is 7. The largest absolute Gasteiger partial charge is 0.463 e. The first kappa shape index (κ1) is 21.4. The molecule has 1 aromatic heterocycles. The number of benzene rings is 1. The third kappa shape index (κ3) is 4.33. The fourth-order valence-electron chi connectivity index (χ4n) is 4.01. The lowest BCUT2D eigenvalue weighted by atomic mass is 9.68. The molecule has 158 valence electrons. The molecule has 2 aromatic rings. The van der Waals surface area contributed by atoms with Crippen LogP contribution in [0.5, 0.6) is 0 Å². The topological polar surface area (TPSA) is 104 Å². The Morgan fingerprint density at radius 2 is 2.10 bits per heavy atom. The standard InChI is InChI=1S/C22H25N3O5/c1-15-12-19(16-6-4-8-18(13-16)25(27)28)20(21(26)30-11-10-29-3)22(2,24-15)17-7-5-9-23-14-17/h4-9,12-14,19-20,24H,10-11H2,1-3H3. The molecule has 30 heavy (non-hydrogen) atoms. The van der Waals surface area contributed by atoms with E-state index in [1.54, 1.807) is 24.5 Å². The molecule has 0 fully saturated rings. The predicted molar refractivity (Wildman–Crippen MR) is 111 cm³/mol. The number of non-ortho nitro benzene ring substituents is 1. The zero-order valence-electron chi connectivity index (χ0n) is 17.2. The second kappa shape index (κ2) is 9.04. The second-order valence-corrected chi connectivity index (χ2v) is 7.43. The number of pyridine rings is 1. The maximum atomic E-state index is 13.3. The Balaban J connectivity index is 2.10. The summed E-state index contributed by atoms with van der Waals surface area (Å²) in [4.78, 5) is 28.3. The summed E-state index contributed by atoms with van der Waals surface area (Å²) >= 11 is 0. The minimum atomic E-state index is -0.827. The van der Waals surface area contributed by atoms with Crippen LogP contribution in [0.3, 0.4) is 0 Å². The number of esters is 1. The van der Waals surface area contributed by atoms with E-state index in [2.05, 4.69) is 10.3 Å². The van der Waals surface area contributed by atoms with Crippen molar-refractivity contribution in [1.82, 2.24) is 10.3 Å². The van der Waals surface area contributed by atoms with Gasteiger partial charge in [-0.05, 0) is 31.0 Å². The van der Waals surface area contributed by atoms with Gasteiger partial charge >= 0.3 is 5.97 Å².